The van der Waals surface area contributed by atoms with E-state index in [2.05, 4.69) is 0 Å². The van der Waals surface area contributed by atoms with Crippen molar-refractivity contribution in [2.24, 2.45) is 0 Å². The normalized spacial score (nSPS) is 16.8. The van der Waals surface area contributed by atoms with Gasteiger partial charge in [-0.2, -0.15) is 0 Å². The van der Waals surface area contributed by atoms with Gasteiger partial charge in [0, 0.05) is 22.5 Å². The molecule has 2 unspecified atom stereocenters. The summed E-state index contributed by atoms with van der Waals surface area (Å²) in [5, 5.41) is 0.0669. The maximum atomic E-state index is 5.73. The van der Waals surface area contributed by atoms with Crippen LogP contribution in [0.4, 0.5) is 0 Å². The van der Waals surface area contributed by atoms with E-state index in [9.17, 15) is 0 Å². The largest absolute Gasteiger partial charge is 0.125 e. The summed E-state index contributed by atoms with van der Waals surface area (Å²) in [7, 11) is 0. The van der Waals surface area contributed by atoms with Gasteiger partial charge in [0.2, 0.25) is 0 Å². The molecule has 0 amide bonds. The van der Waals surface area contributed by atoms with Crippen molar-refractivity contribution in [1.82, 2.24) is 0 Å². The van der Waals surface area contributed by atoms with E-state index < -0.39 is 0 Å². The molecule has 2 atom stereocenters. The lowest BCUT2D eigenvalue weighted by molar-refractivity contribution is 0.719. The fourth-order valence-corrected chi connectivity index (χ4v) is 1.08. The third-order valence-electron chi connectivity index (χ3n) is 1.13. The summed E-state index contributed by atoms with van der Waals surface area (Å²) in [4.78, 5) is 0. The molecule has 0 aromatic rings. The highest BCUT2D eigenvalue weighted by Gasteiger charge is 2.07. The minimum absolute atomic E-state index is 0.0335. The van der Waals surface area contributed by atoms with Crippen LogP contribution in [-0.4, -0.2) is 22.5 Å². The Balaban J connectivity index is 3.17. The maximum absolute atomic E-state index is 5.73. The summed E-state index contributed by atoms with van der Waals surface area (Å²) in [5.74, 6) is 0.959. The molecule has 62 valence electrons. The third kappa shape index (κ3) is 5.91. The van der Waals surface area contributed by atoms with Gasteiger partial charge in [0.25, 0.3) is 0 Å². The Morgan fingerprint density at radius 3 is 1.30 bits per heavy atom. The second kappa shape index (κ2) is 6.84. The van der Waals surface area contributed by atoms with E-state index >= 15 is 0 Å². The maximum Gasteiger partial charge on any atom is 0.0472 e. The fraction of sp³-hybridized carbons (Fsp3) is 1.00. The van der Waals surface area contributed by atoms with Gasteiger partial charge in [-0.05, 0) is 12.8 Å². The van der Waals surface area contributed by atoms with Crippen LogP contribution in [0, 0.1) is 0 Å². The zero-order valence-corrected chi connectivity index (χ0v) is 8.52. The Bertz CT molecular complexity index is 66.1. The first kappa shape index (κ1) is 11.2. The Hall–Kier alpha value is 1.16. The van der Waals surface area contributed by atoms with Crippen LogP contribution in [0.3, 0.4) is 0 Å². The highest BCUT2D eigenvalue weighted by molar-refractivity contribution is 6.29. The summed E-state index contributed by atoms with van der Waals surface area (Å²) >= 11 is 22.4. The van der Waals surface area contributed by atoms with E-state index in [1.807, 2.05) is 0 Å². The summed E-state index contributed by atoms with van der Waals surface area (Å²) in [6.45, 7) is 0. The van der Waals surface area contributed by atoms with E-state index in [-0.39, 0.29) is 10.8 Å². The van der Waals surface area contributed by atoms with Crippen molar-refractivity contribution < 1.29 is 0 Å². The first-order valence-electron chi connectivity index (χ1n) is 3.10. The summed E-state index contributed by atoms with van der Waals surface area (Å²) in [5.41, 5.74) is 0. The Kier molecular flexibility index (Phi) is 7.64. The van der Waals surface area contributed by atoms with Crippen LogP contribution < -0.4 is 0 Å². The molecule has 0 radical (unpaired) electrons. The minimum Gasteiger partial charge on any atom is -0.125 e. The third-order valence-corrected chi connectivity index (χ3v) is 2.93. The van der Waals surface area contributed by atoms with Gasteiger partial charge in [0.05, 0.1) is 0 Å². The lowest BCUT2D eigenvalue weighted by Gasteiger charge is -2.06. The van der Waals surface area contributed by atoms with Crippen molar-refractivity contribution >= 4 is 46.4 Å². The highest BCUT2D eigenvalue weighted by Crippen LogP contribution is 2.13. The van der Waals surface area contributed by atoms with Crippen LogP contribution in [0.15, 0.2) is 0 Å². The SMILES string of the molecule is ClCC(Cl)CCC(Cl)CCl. The molecule has 0 aliphatic carbocycles. The van der Waals surface area contributed by atoms with Crippen molar-refractivity contribution in [3.8, 4) is 0 Å². The van der Waals surface area contributed by atoms with Crippen molar-refractivity contribution in [3.05, 3.63) is 0 Å². The van der Waals surface area contributed by atoms with Gasteiger partial charge in [-0.1, -0.05) is 0 Å². The number of hydrogen-bond donors (Lipinski definition) is 0. The topological polar surface area (TPSA) is 0 Å². The van der Waals surface area contributed by atoms with E-state index in [0.717, 1.165) is 12.8 Å². The lowest BCUT2D eigenvalue weighted by atomic mass is 10.2. The van der Waals surface area contributed by atoms with Crippen LogP contribution in [-0.2, 0) is 0 Å². The summed E-state index contributed by atoms with van der Waals surface area (Å²) in [6, 6.07) is 0. The van der Waals surface area contributed by atoms with Crippen molar-refractivity contribution in [2.45, 2.75) is 23.6 Å². The van der Waals surface area contributed by atoms with Crippen LogP contribution in [0.2, 0.25) is 0 Å². The minimum atomic E-state index is 0.0335. The molecule has 0 heterocycles. The lowest BCUT2D eigenvalue weighted by Crippen LogP contribution is -2.06. The molecule has 0 nitrogen and oxygen atoms in total. The molecule has 0 aliphatic rings. The molecule has 0 saturated carbocycles. The molecular formula is C6H10Cl4. The predicted octanol–water partition coefficient (Wildman–Crippen LogP) is 3.46. The number of alkyl halides is 4. The second-order valence-electron chi connectivity index (χ2n) is 2.08. The molecular weight excluding hydrogens is 214 g/mol. The smallest absolute Gasteiger partial charge is 0.0472 e. The van der Waals surface area contributed by atoms with E-state index in [1.165, 1.54) is 0 Å². The average molecular weight is 224 g/mol. The molecule has 0 N–H and O–H groups in total. The van der Waals surface area contributed by atoms with Crippen LogP contribution in [0.25, 0.3) is 0 Å². The Morgan fingerprint density at radius 2 is 1.10 bits per heavy atom. The van der Waals surface area contributed by atoms with Gasteiger partial charge in [-0.15, -0.1) is 46.4 Å². The molecule has 10 heavy (non-hydrogen) atoms. The van der Waals surface area contributed by atoms with Gasteiger partial charge < -0.3 is 0 Å². The first-order chi connectivity index (χ1) is 4.70. The number of rotatable bonds is 5. The molecule has 0 saturated heterocycles. The molecule has 0 bridgehead atoms. The standard InChI is InChI=1S/C6H10Cl4/c7-3-5(9)1-2-6(10)4-8/h5-6H,1-4H2. The molecule has 4 heteroatoms. The van der Waals surface area contributed by atoms with E-state index in [4.69, 9.17) is 46.4 Å². The van der Waals surface area contributed by atoms with Crippen molar-refractivity contribution in [1.29, 1.82) is 0 Å². The summed E-state index contributed by atoms with van der Waals surface area (Å²) in [6.07, 6.45) is 1.68. The van der Waals surface area contributed by atoms with Gasteiger partial charge >= 0.3 is 0 Å². The second-order valence-corrected chi connectivity index (χ2v) is 3.93. The zero-order valence-electron chi connectivity index (χ0n) is 5.49. The van der Waals surface area contributed by atoms with Gasteiger partial charge in [-0.25, -0.2) is 0 Å². The quantitative estimate of drug-likeness (QED) is 0.627. The predicted molar refractivity (Wildman–Crippen MR) is 50.0 cm³/mol. The van der Waals surface area contributed by atoms with Crippen LogP contribution in [0.1, 0.15) is 12.8 Å². The van der Waals surface area contributed by atoms with E-state index in [1.54, 1.807) is 0 Å². The first-order valence-corrected chi connectivity index (χ1v) is 5.05. The molecule has 0 aromatic carbocycles. The number of hydrogen-bond acceptors (Lipinski definition) is 0. The van der Waals surface area contributed by atoms with Gasteiger partial charge in [0.1, 0.15) is 0 Å². The molecule has 0 spiro atoms. The average Bonchev–Trinajstić information content (AvgIpc) is 1.99. The monoisotopic (exact) mass is 222 g/mol. The van der Waals surface area contributed by atoms with Crippen molar-refractivity contribution in [2.75, 3.05) is 11.8 Å². The molecule has 0 aliphatic heterocycles. The van der Waals surface area contributed by atoms with Gasteiger partial charge in [0.15, 0.2) is 0 Å². The van der Waals surface area contributed by atoms with Crippen LogP contribution >= 0.6 is 46.4 Å². The Labute approximate surface area is 81.8 Å². The summed E-state index contributed by atoms with van der Waals surface area (Å²) < 4.78 is 0. The zero-order chi connectivity index (χ0) is 7.98. The molecule has 0 rings (SSSR count). The van der Waals surface area contributed by atoms with E-state index in [0.29, 0.717) is 11.8 Å². The van der Waals surface area contributed by atoms with Crippen molar-refractivity contribution in [3.63, 3.8) is 0 Å². The molecule has 0 aromatic heterocycles. The van der Waals surface area contributed by atoms with Crippen LogP contribution in [0.5, 0.6) is 0 Å². The number of halogens is 4. The Morgan fingerprint density at radius 1 is 0.800 bits per heavy atom. The molecule has 0 fully saturated rings. The highest BCUT2D eigenvalue weighted by atomic mass is 35.5. The van der Waals surface area contributed by atoms with Gasteiger partial charge in [-0.3, -0.25) is 0 Å². The fourth-order valence-electron chi connectivity index (χ4n) is 0.516.